The predicted molar refractivity (Wildman–Crippen MR) is 64.0 cm³/mol. The van der Waals surface area contributed by atoms with Crippen LogP contribution in [0.1, 0.15) is 11.4 Å². The minimum Gasteiger partial charge on any atom is -0.406 e. The maximum Gasteiger partial charge on any atom is 0.417 e. The fourth-order valence-corrected chi connectivity index (χ4v) is 2.61. The molecule has 88 valence electrons. The van der Waals surface area contributed by atoms with E-state index in [-0.39, 0.29) is 0 Å². The van der Waals surface area contributed by atoms with Gasteiger partial charge < -0.3 is 10.2 Å². The number of nitrogens with two attached hydrogens (primary N) is 1. The van der Waals surface area contributed by atoms with Gasteiger partial charge in [0.1, 0.15) is 5.69 Å². The zero-order valence-corrected chi connectivity index (χ0v) is 9.87. The summed E-state index contributed by atoms with van der Waals surface area (Å²) >= 11 is 1.48. The molecule has 0 aliphatic rings. The van der Waals surface area contributed by atoms with E-state index in [0.717, 1.165) is 16.3 Å². The van der Waals surface area contributed by atoms with Gasteiger partial charge in [0.25, 0.3) is 0 Å². The Morgan fingerprint density at radius 3 is 3.12 bits per heavy atom. The zero-order valence-electron chi connectivity index (χ0n) is 9.06. The van der Waals surface area contributed by atoms with Gasteiger partial charge in [0.05, 0.1) is 11.4 Å². The third-order valence-electron chi connectivity index (χ3n) is 2.53. The number of aromatic amines is 1. The Hall–Kier alpha value is -1.86. The van der Waals surface area contributed by atoms with Gasteiger partial charge in [-0.3, -0.25) is 9.38 Å². The highest BCUT2D eigenvalue weighted by molar-refractivity contribution is 7.15. The number of thiazole rings is 1. The fourth-order valence-electron chi connectivity index (χ4n) is 1.74. The number of oxazole rings is 1. The van der Waals surface area contributed by atoms with E-state index in [1.54, 1.807) is 6.92 Å². The number of hydrogen-bond acceptors (Lipinski definition) is 5. The van der Waals surface area contributed by atoms with Crippen molar-refractivity contribution < 1.29 is 4.42 Å². The Kier molecular flexibility index (Phi) is 2.17. The van der Waals surface area contributed by atoms with Crippen LogP contribution in [0.3, 0.4) is 0 Å². The first-order chi connectivity index (χ1) is 8.19. The second-order valence-electron chi connectivity index (χ2n) is 3.68. The van der Waals surface area contributed by atoms with Crippen molar-refractivity contribution in [2.45, 2.75) is 13.5 Å². The summed E-state index contributed by atoms with van der Waals surface area (Å²) in [6, 6.07) is 0. The molecule has 0 atom stereocenters. The molecule has 3 rings (SSSR count). The fraction of sp³-hybridized carbons (Fsp3) is 0.200. The minimum atomic E-state index is -0.448. The van der Waals surface area contributed by atoms with Crippen LogP contribution in [0.5, 0.6) is 0 Å². The maximum absolute atomic E-state index is 11.1. The number of aryl methyl sites for hydroxylation is 1. The van der Waals surface area contributed by atoms with Crippen molar-refractivity contribution >= 4 is 16.3 Å². The van der Waals surface area contributed by atoms with Gasteiger partial charge in [0.2, 0.25) is 0 Å². The Balaban J connectivity index is 2.26. The number of aromatic nitrogens is 3. The van der Waals surface area contributed by atoms with Crippen LogP contribution in [-0.4, -0.2) is 14.4 Å². The van der Waals surface area contributed by atoms with Gasteiger partial charge in [-0.1, -0.05) is 0 Å². The van der Waals surface area contributed by atoms with Gasteiger partial charge in [-0.25, -0.2) is 9.78 Å². The smallest absolute Gasteiger partial charge is 0.406 e. The van der Waals surface area contributed by atoms with E-state index in [2.05, 4.69) is 9.97 Å². The summed E-state index contributed by atoms with van der Waals surface area (Å²) in [4.78, 5) is 18.9. The molecule has 0 unspecified atom stereocenters. The van der Waals surface area contributed by atoms with Gasteiger partial charge in [-0.15, -0.1) is 11.3 Å². The molecule has 0 fully saturated rings. The summed E-state index contributed by atoms with van der Waals surface area (Å²) < 4.78 is 7.01. The van der Waals surface area contributed by atoms with Gasteiger partial charge in [0, 0.05) is 18.1 Å². The molecule has 3 N–H and O–H groups in total. The van der Waals surface area contributed by atoms with Crippen LogP contribution in [0.15, 0.2) is 20.8 Å². The van der Waals surface area contributed by atoms with Crippen molar-refractivity contribution in [2.75, 3.05) is 0 Å². The number of nitrogens with zero attached hydrogens (tertiary/aromatic N) is 2. The lowest BCUT2D eigenvalue weighted by molar-refractivity contribution is 0.526. The molecule has 6 nitrogen and oxygen atoms in total. The molecular weight excluding hydrogens is 240 g/mol. The lowest BCUT2D eigenvalue weighted by atomic mass is 10.3. The first kappa shape index (κ1) is 10.3. The highest BCUT2D eigenvalue weighted by Crippen LogP contribution is 2.27. The van der Waals surface area contributed by atoms with Gasteiger partial charge in [-0.2, -0.15) is 0 Å². The molecule has 3 heterocycles. The summed E-state index contributed by atoms with van der Waals surface area (Å²) in [7, 11) is 0. The second kappa shape index (κ2) is 3.57. The third kappa shape index (κ3) is 1.51. The first-order valence-corrected chi connectivity index (χ1v) is 5.92. The zero-order chi connectivity index (χ0) is 12.0. The molecular formula is C10H10N4O2S. The number of imidazole rings is 1. The molecule has 3 aromatic heterocycles. The largest absolute Gasteiger partial charge is 0.417 e. The molecule has 0 spiro atoms. The van der Waals surface area contributed by atoms with Crippen LogP contribution < -0.4 is 11.5 Å². The Labute approximate surface area is 99.7 Å². The van der Waals surface area contributed by atoms with E-state index in [4.69, 9.17) is 10.2 Å². The lowest BCUT2D eigenvalue weighted by Crippen LogP contribution is -1.95. The Morgan fingerprint density at radius 2 is 2.47 bits per heavy atom. The van der Waals surface area contributed by atoms with Crippen LogP contribution in [0.25, 0.3) is 16.4 Å². The van der Waals surface area contributed by atoms with E-state index in [1.165, 1.54) is 11.3 Å². The molecule has 17 heavy (non-hydrogen) atoms. The van der Waals surface area contributed by atoms with E-state index < -0.39 is 5.76 Å². The molecule has 0 amide bonds. The summed E-state index contributed by atoms with van der Waals surface area (Å²) in [6.07, 6.45) is 1.85. The third-order valence-corrected chi connectivity index (χ3v) is 3.37. The molecule has 0 aliphatic carbocycles. The number of rotatable bonds is 2. The standard InChI is InChI=1S/C10H10N4O2S/c1-5-8(16-10(15)12-5)7-4-17-9-13-6(2-11)3-14(7)9/h3-4H,2,11H2,1H3,(H,12,15). The number of H-pyrrole nitrogens is 1. The Morgan fingerprint density at radius 1 is 1.65 bits per heavy atom. The number of nitrogens with one attached hydrogen (secondary N) is 1. The monoisotopic (exact) mass is 250 g/mol. The first-order valence-electron chi connectivity index (χ1n) is 5.04. The topological polar surface area (TPSA) is 89.3 Å². The normalized spacial score (nSPS) is 11.4. The van der Waals surface area contributed by atoms with Gasteiger partial charge in [-0.05, 0) is 6.92 Å². The van der Waals surface area contributed by atoms with Gasteiger partial charge in [0.15, 0.2) is 10.7 Å². The van der Waals surface area contributed by atoms with Crippen LogP contribution in [0.4, 0.5) is 0 Å². The number of hydrogen-bond donors (Lipinski definition) is 2. The molecule has 3 aromatic rings. The average Bonchev–Trinajstić information content (AvgIpc) is 2.91. The summed E-state index contributed by atoms with van der Waals surface area (Å²) in [5.74, 6) is 0.0956. The van der Waals surface area contributed by atoms with Crippen LogP contribution >= 0.6 is 11.3 Å². The average molecular weight is 250 g/mol. The number of fused-ring (bicyclic) bond motifs is 1. The maximum atomic E-state index is 11.1. The molecule has 0 bridgehead atoms. The van der Waals surface area contributed by atoms with Crippen molar-refractivity contribution in [3.05, 3.63) is 33.5 Å². The molecule has 0 aliphatic heterocycles. The van der Waals surface area contributed by atoms with E-state index in [1.807, 2.05) is 16.0 Å². The predicted octanol–water partition coefficient (Wildman–Crippen LogP) is 1.11. The van der Waals surface area contributed by atoms with Crippen LogP contribution in [0, 0.1) is 6.92 Å². The van der Waals surface area contributed by atoms with Crippen LogP contribution in [0.2, 0.25) is 0 Å². The lowest BCUT2D eigenvalue weighted by Gasteiger charge is -1.94. The highest BCUT2D eigenvalue weighted by atomic mass is 32.1. The Bertz CT molecular complexity index is 733. The van der Waals surface area contributed by atoms with E-state index in [9.17, 15) is 4.79 Å². The van der Waals surface area contributed by atoms with Crippen molar-refractivity contribution in [3.8, 4) is 11.5 Å². The summed E-state index contributed by atoms with van der Waals surface area (Å²) in [5, 5.41) is 1.90. The van der Waals surface area contributed by atoms with Crippen molar-refractivity contribution in [1.82, 2.24) is 14.4 Å². The second-order valence-corrected chi connectivity index (χ2v) is 4.52. The molecule has 0 saturated heterocycles. The van der Waals surface area contributed by atoms with E-state index >= 15 is 0 Å². The summed E-state index contributed by atoms with van der Waals surface area (Å²) in [5.41, 5.74) is 7.88. The van der Waals surface area contributed by atoms with Crippen molar-refractivity contribution in [3.63, 3.8) is 0 Å². The van der Waals surface area contributed by atoms with Crippen molar-refractivity contribution in [1.29, 1.82) is 0 Å². The molecule has 0 saturated carbocycles. The highest BCUT2D eigenvalue weighted by Gasteiger charge is 2.15. The summed E-state index contributed by atoms with van der Waals surface area (Å²) in [6.45, 7) is 2.19. The molecule has 0 radical (unpaired) electrons. The van der Waals surface area contributed by atoms with Gasteiger partial charge >= 0.3 is 5.76 Å². The molecule has 0 aromatic carbocycles. The molecule has 7 heteroatoms. The minimum absolute atomic E-state index is 0.393. The van der Waals surface area contributed by atoms with E-state index in [0.29, 0.717) is 18.0 Å². The SMILES string of the molecule is Cc1[nH]c(=O)oc1-c1csc2nc(CN)cn12. The van der Waals surface area contributed by atoms with Crippen LogP contribution in [-0.2, 0) is 6.54 Å². The quantitative estimate of drug-likeness (QED) is 0.713. The van der Waals surface area contributed by atoms with Crippen molar-refractivity contribution in [2.24, 2.45) is 5.73 Å².